The molecule has 0 saturated heterocycles. The van der Waals surface area contributed by atoms with Crippen LogP contribution in [0.4, 0.5) is 28.4 Å². The highest BCUT2D eigenvalue weighted by Gasteiger charge is 2.56. The van der Waals surface area contributed by atoms with Crippen LogP contribution in [-0.2, 0) is 5.41 Å². The molecule has 0 aliphatic carbocycles. The SMILES string of the molecule is CCCN1c2cccc(OC)c2C2(C(=S)Nc3ccccc3)c3c(OC)cccc3N(CCC)c3cccc1c32. The molecule has 0 bridgehead atoms. The zero-order valence-electron chi connectivity index (χ0n) is 23.5. The molecular formula is C34H35N3O2S. The number of hydrogen-bond acceptors (Lipinski definition) is 5. The summed E-state index contributed by atoms with van der Waals surface area (Å²) in [6.45, 7) is 6.19. The van der Waals surface area contributed by atoms with E-state index in [0.29, 0.717) is 4.99 Å². The molecule has 1 N–H and O–H groups in total. The van der Waals surface area contributed by atoms with Gasteiger partial charge in [0, 0.05) is 58.2 Å². The molecule has 4 aromatic rings. The zero-order chi connectivity index (χ0) is 27.9. The fourth-order valence-electron chi connectivity index (χ4n) is 6.60. The van der Waals surface area contributed by atoms with Crippen molar-refractivity contribution in [1.82, 2.24) is 0 Å². The summed E-state index contributed by atoms with van der Waals surface area (Å²) in [6, 6.07) is 29.5. The minimum absolute atomic E-state index is 0.691. The molecule has 6 rings (SSSR count). The molecule has 0 aromatic heterocycles. The Labute approximate surface area is 242 Å². The summed E-state index contributed by atoms with van der Waals surface area (Å²) >= 11 is 6.55. The third-order valence-electron chi connectivity index (χ3n) is 8.02. The Bertz CT molecular complexity index is 1490. The smallest absolute Gasteiger partial charge is 0.125 e. The van der Waals surface area contributed by atoms with Gasteiger partial charge in [-0.2, -0.15) is 0 Å². The predicted octanol–water partition coefficient (Wildman–Crippen LogP) is 8.20. The van der Waals surface area contributed by atoms with Gasteiger partial charge in [0.2, 0.25) is 0 Å². The average molecular weight is 550 g/mol. The molecule has 0 unspecified atom stereocenters. The highest BCUT2D eigenvalue weighted by Crippen LogP contribution is 2.64. The minimum Gasteiger partial charge on any atom is -0.496 e. The number of nitrogens with one attached hydrogen (secondary N) is 1. The van der Waals surface area contributed by atoms with Gasteiger partial charge in [0.25, 0.3) is 0 Å². The Balaban J connectivity index is 1.81. The van der Waals surface area contributed by atoms with Crippen molar-refractivity contribution in [1.29, 1.82) is 0 Å². The number of thiocarbonyl (C=S) groups is 1. The summed E-state index contributed by atoms with van der Waals surface area (Å²) in [5.74, 6) is 1.61. The first kappa shape index (κ1) is 26.2. The van der Waals surface area contributed by atoms with Gasteiger partial charge in [-0.25, -0.2) is 0 Å². The summed E-state index contributed by atoms with van der Waals surface area (Å²) in [6.07, 6.45) is 2.00. The molecule has 0 spiro atoms. The molecule has 2 aliphatic heterocycles. The zero-order valence-corrected chi connectivity index (χ0v) is 24.3. The van der Waals surface area contributed by atoms with E-state index in [1.165, 1.54) is 5.56 Å². The van der Waals surface area contributed by atoms with Gasteiger partial charge in [-0.15, -0.1) is 0 Å². The fourth-order valence-corrected chi connectivity index (χ4v) is 7.02. The maximum absolute atomic E-state index is 6.55. The highest BCUT2D eigenvalue weighted by molar-refractivity contribution is 7.80. The first-order chi connectivity index (χ1) is 19.6. The van der Waals surface area contributed by atoms with Crippen molar-refractivity contribution in [3.8, 4) is 11.5 Å². The number of para-hydroxylation sites is 1. The molecule has 2 aliphatic rings. The van der Waals surface area contributed by atoms with E-state index in [-0.39, 0.29) is 0 Å². The number of fused-ring (bicyclic) bond motifs is 4. The van der Waals surface area contributed by atoms with Gasteiger partial charge in [0.15, 0.2) is 0 Å². The van der Waals surface area contributed by atoms with Crippen LogP contribution in [0.1, 0.15) is 43.4 Å². The summed E-state index contributed by atoms with van der Waals surface area (Å²) in [5.41, 5.74) is 7.86. The van der Waals surface area contributed by atoms with Crippen molar-refractivity contribution in [2.45, 2.75) is 32.1 Å². The van der Waals surface area contributed by atoms with Crippen molar-refractivity contribution in [3.63, 3.8) is 0 Å². The Morgan fingerprint density at radius 3 is 1.55 bits per heavy atom. The van der Waals surface area contributed by atoms with E-state index < -0.39 is 5.41 Å². The molecule has 204 valence electrons. The number of ether oxygens (including phenoxy) is 2. The van der Waals surface area contributed by atoms with E-state index in [0.717, 1.165) is 77.0 Å². The number of methoxy groups -OCH3 is 2. The van der Waals surface area contributed by atoms with Crippen molar-refractivity contribution >= 4 is 45.6 Å². The highest BCUT2D eigenvalue weighted by atomic mass is 32.1. The van der Waals surface area contributed by atoms with Crippen LogP contribution in [0.15, 0.2) is 84.9 Å². The number of hydrogen-bond donors (Lipinski definition) is 1. The van der Waals surface area contributed by atoms with Crippen LogP contribution in [-0.4, -0.2) is 32.3 Å². The standard InChI is InChI=1S/C34H35N3O2S/c1-5-21-36-24-15-10-16-25-30(24)34(31-26(36)17-11-19-28(31)38-3,33(40)35-23-13-8-7-9-14-23)32-27(37(25)22-6-2)18-12-20-29(32)39-4/h7-20H,5-6,21-22H2,1-4H3,(H,35,40). The van der Waals surface area contributed by atoms with Crippen LogP contribution in [0, 0.1) is 0 Å². The summed E-state index contributed by atoms with van der Waals surface area (Å²) in [7, 11) is 3.50. The van der Waals surface area contributed by atoms with Crippen molar-refractivity contribution in [2.75, 3.05) is 42.4 Å². The van der Waals surface area contributed by atoms with Gasteiger partial charge in [-0.05, 0) is 61.4 Å². The second-order valence-electron chi connectivity index (χ2n) is 10.3. The lowest BCUT2D eigenvalue weighted by molar-refractivity contribution is 0.397. The van der Waals surface area contributed by atoms with E-state index in [1.807, 2.05) is 18.2 Å². The third kappa shape index (κ3) is 3.69. The van der Waals surface area contributed by atoms with Crippen LogP contribution in [0.3, 0.4) is 0 Å². The van der Waals surface area contributed by atoms with Gasteiger partial charge in [0.05, 0.1) is 14.2 Å². The quantitative estimate of drug-likeness (QED) is 0.223. The Morgan fingerprint density at radius 2 is 1.10 bits per heavy atom. The van der Waals surface area contributed by atoms with Gasteiger partial charge in [-0.1, -0.05) is 62.5 Å². The molecule has 0 atom stereocenters. The Kier molecular flexibility index (Phi) is 6.88. The molecule has 4 aromatic carbocycles. The van der Waals surface area contributed by atoms with Gasteiger partial charge in [-0.3, -0.25) is 0 Å². The van der Waals surface area contributed by atoms with Crippen LogP contribution in [0.5, 0.6) is 11.5 Å². The maximum Gasteiger partial charge on any atom is 0.125 e. The third-order valence-corrected chi connectivity index (χ3v) is 8.43. The summed E-state index contributed by atoms with van der Waals surface area (Å²) in [4.78, 5) is 5.56. The Hall–Kier alpha value is -4.03. The number of nitrogens with zero attached hydrogens (tertiary/aromatic N) is 2. The van der Waals surface area contributed by atoms with Crippen LogP contribution in [0.25, 0.3) is 0 Å². The van der Waals surface area contributed by atoms with Gasteiger partial charge in [0.1, 0.15) is 21.9 Å². The molecular weight excluding hydrogens is 514 g/mol. The number of anilines is 5. The second-order valence-corrected chi connectivity index (χ2v) is 10.7. The van der Waals surface area contributed by atoms with Crippen molar-refractivity contribution < 1.29 is 9.47 Å². The van der Waals surface area contributed by atoms with Crippen LogP contribution in [0.2, 0.25) is 0 Å². The maximum atomic E-state index is 6.55. The summed E-state index contributed by atoms with van der Waals surface area (Å²) < 4.78 is 12.3. The van der Waals surface area contributed by atoms with Gasteiger partial charge >= 0.3 is 0 Å². The first-order valence-corrected chi connectivity index (χ1v) is 14.4. The molecule has 2 heterocycles. The lowest BCUT2D eigenvalue weighted by atomic mass is 9.62. The molecule has 5 nitrogen and oxygen atoms in total. The lowest BCUT2D eigenvalue weighted by Gasteiger charge is -2.52. The van der Waals surface area contributed by atoms with Crippen LogP contribution >= 0.6 is 12.2 Å². The average Bonchev–Trinajstić information content (AvgIpc) is 2.99. The first-order valence-electron chi connectivity index (χ1n) is 14.0. The van der Waals surface area contributed by atoms with Gasteiger partial charge < -0.3 is 24.6 Å². The predicted molar refractivity (Wildman–Crippen MR) is 170 cm³/mol. The van der Waals surface area contributed by atoms with E-state index in [2.05, 4.69) is 95.7 Å². The number of rotatable bonds is 8. The molecule has 0 saturated carbocycles. The van der Waals surface area contributed by atoms with Crippen molar-refractivity contribution in [3.05, 3.63) is 102 Å². The Morgan fingerprint density at radius 1 is 0.650 bits per heavy atom. The van der Waals surface area contributed by atoms with Crippen molar-refractivity contribution in [2.24, 2.45) is 0 Å². The minimum atomic E-state index is -0.866. The monoisotopic (exact) mass is 549 g/mol. The molecule has 0 fully saturated rings. The van der Waals surface area contributed by atoms with E-state index in [1.54, 1.807) is 14.2 Å². The van der Waals surface area contributed by atoms with E-state index >= 15 is 0 Å². The number of benzene rings is 4. The van der Waals surface area contributed by atoms with E-state index in [9.17, 15) is 0 Å². The van der Waals surface area contributed by atoms with E-state index in [4.69, 9.17) is 21.7 Å². The molecule has 0 amide bonds. The largest absolute Gasteiger partial charge is 0.496 e. The molecule has 40 heavy (non-hydrogen) atoms. The molecule has 0 radical (unpaired) electrons. The fraction of sp³-hybridized carbons (Fsp3) is 0.265. The second kappa shape index (κ2) is 10.5. The summed E-state index contributed by atoms with van der Waals surface area (Å²) in [5, 5.41) is 3.67. The normalized spacial score (nSPS) is 14.1. The van der Waals surface area contributed by atoms with Crippen LogP contribution < -0.4 is 24.6 Å². The molecule has 6 heteroatoms. The lowest BCUT2D eigenvalue weighted by Crippen LogP contribution is -2.50. The topological polar surface area (TPSA) is 37.0 Å².